The molecule has 2 heterocycles. The van der Waals surface area contributed by atoms with Crippen LogP contribution in [0.5, 0.6) is 0 Å². The average Bonchev–Trinajstić information content (AvgIpc) is 2.33. The topological polar surface area (TPSA) is 48.0 Å². The number of fused-ring (bicyclic) bond motifs is 1. The molecular formula is C7H8N2O. The molecule has 0 saturated heterocycles. The lowest BCUT2D eigenvalue weighted by atomic mass is 10.2. The van der Waals surface area contributed by atoms with E-state index in [0.717, 1.165) is 11.4 Å². The monoisotopic (exact) mass is 136 g/mol. The van der Waals surface area contributed by atoms with Gasteiger partial charge in [-0.2, -0.15) is 0 Å². The lowest BCUT2D eigenvalue weighted by molar-refractivity contribution is 0.252. The van der Waals surface area contributed by atoms with Gasteiger partial charge in [-0.25, -0.2) is 0 Å². The van der Waals surface area contributed by atoms with Gasteiger partial charge in [0, 0.05) is 11.8 Å². The Morgan fingerprint density at radius 1 is 1.50 bits per heavy atom. The van der Waals surface area contributed by atoms with Gasteiger partial charge in [0.2, 0.25) is 0 Å². The summed E-state index contributed by atoms with van der Waals surface area (Å²) in [4.78, 5) is 2.97. The van der Waals surface area contributed by atoms with Crippen LogP contribution in [-0.2, 0) is 0 Å². The number of aliphatic hydroxyl groups excluding tert-OH is 1. The molecule has 0 amide bonds. The Balaban J connectivity index is 2.43. The van der Waals surface area contributed by atoms with Crippen LogP contribution in [0.1, 0.15) is 5.56 Å². The zero-order chi connectivity index (χ0) is 6.97. The number of aromatic nitrogens is 1. The quantitative estimate of drug-likeness (QED) is 0.493. The van der Waals surface area contributed by atoms with Gasteiger partial charge in [-0.05, 0) is 12.1 Å². The van der Waals surface area contributed by atoms with Gasteiger partial charge in [-0.3, -0.25) is 0 Å². The second-order valence-electron chi connectivity index (χ2n) is 2.26. The van der Waals surface area contributed by atoms with Gasteiger partial charge in [0.15, 0.2) is 0 Å². The van der Waals surface area contributed by atoms with Crippen molar-refractivity contribution in [1.29, 1.82) is 0 Å². The molecule has 1 unspecified atom stereocenters. The fraction of sp³-hybridized carbons (Fsp3) is 0.143. The van der Waals surface area contributed by atoms with Crippen LogP contribution in [-0.4, -0.2) is 16.3 Å². The van der Waals surface area contributed by atoms with Crippen molar-refractivity contribution in [3.05, 3.63) is 23.9 Å². The molecule has 3 N–H and O–H groups in total. The summed E-state index contributed by atoms with van der Waals surface area (Å²) in [6, 6.07) is 1.95. The highest BCUT2D eigenvalue weighted by molar-refractivity contribution is 5.67. The molecule has 2 rings (SSSR count). The highest BCUT2D eigenvalue weighted by Crippen LogP contribution is 2.19. The molecule has 0 saturated carbocycles. The van der Waals surface area contributed by atoms with Gasteiger partial charge in [0.05, 0.1) is 0 Å². The molecule has 0 aromatic carbocycles. The molecule has 1 aromatic heterocycles. The third-order valence-electron chi connectivity index (χ3n) is 1.53. The maximum atomic E-state index is 9.06. The Morgan fingerprint density at radius 2 is 2.40 bits per heavy atom. The first kappa shape index (κ1) is 5.56. The SMILES string of the molecule is OC1C=Cc2cc[nH]c2N1. The molecule has 1 aliphatic rings. The summed E-state index contributed by atoms with van der Waals surface area (Å²) in [7, 11) is 0. The second kappa shape index (κ2) is 1.88. The van der Waals surface area contributed by atoms with Crippen molar-refractivity contribution in [3.8, 4) is 0 Å². The molecule has 1 atom stereocenters. The smallest absolute Gasteiger partial charge is 0.145 e. The summed E-state index contributed by atoms with van der Waals surface area (Å²) in [6.07, 6.45) is 4.87. The van der Waals surface area contributed by atoms with Crippen LogP contribution in [0.15, 0.2) is 18.3 Å². The van der Waals surface area contributed by atoms with Crippen molar-refractivity contribution in [2.75, 3.05) is 5.32 Å². The van der Waals surface area contributed by atoms with Crippen LogP contribution in [0.3, 0.4) is 0 Å². The van der Waals surface area contributed by atoms with Crippen LogP contribution >= 0.6 is 0 Å². The number of anilines is 1. The average molecular weight is 136 g/mol. The first-order valence-electron chi connectivity index (χ1n) is 3.16. The first-order valence-corrected chi connectivity index (χ1v) is 3.16. The van der Waals surface area contributed by atoms with E-state index in [1.807, 2.05) is 18.3 Å². The zero-order valence-corrected chi connectivity index (χ0v) is 5.33. The Bertz CT molecular complexity index is 264. The number of hydrogen-bond acceptors (Lipinski definition) is 2. The molecule has 3 heteroatoms. The molecule has 3 nitrogen and oxygen atoms in total. The van der Waals surface area contributed by atoms with E-state index in [2.05, 4.69) is 10.3 Å². The van der Waals surface area contributed by atoms with Gasteiger partial charge in [0.25, 0.3) is 0 Å². The number of aromatic amines is 1. The number of H-pyrrole nitrogens is 1. The fourth-order valence-corrected chi connectivity index (χ4v) is 1.04. The van der Waals surface area contributed by atoms with Crippen molar-refractivity contribution in [1.82, 2.24) is 4.98 Å². The molecule has 0 radical (unpaired) electrons. The summed E-state index contributed by atoms with van der Waals surface area (Å²) >= 11 is 0. The minimum atomic E-state index is -0.550. The van der Waals surface area contributed by atoms with E-state index in [0.29, 0.717) is 0 Å². The van der Waals surface area contributed by atoms with Crippen LogP contribution < -0.4 is 5.32 Å². The molecule has 1 aromatic rings. The maximum Gasteiger partial charge on any atom is 0.145 e. The van der Waals surface area contributed by atoms with E-state index < -0.39 is 6.23 Å². The normalized spacial score (nSPS) is 21.9. The molecule has 0 aliphatic carbocycles. The molecular weight excluding hydrogens is 128 g/mol. The van der Waals surface area contributed by atoms with E-state index in [9.17, 15) is 0 Å². The van der Waals surface area contributed by atoms with Crippen molar-refractivity contribution in [3.63, 3.8) is 0 Å². The lowest BCUT2D eigenvalue weighted by Crippen LogP contribution is -2.18. The molecule has 0 bridgehead atoms. The number of nitrogens with one attached hydrogen (secondary N) is 2. The van der Waals surface area contributed by atoms with E-state index in [1.165, 1.54) is 0 Å². The van der Waals surface area contributed by atoms with Gasteiger partial charge in [0.1, 0.15) is 12.0 Å². The Kier molecular flexibility index (Phi) is 1.05. The maximum absolute atomic E-state index is 9.06. The van der Waals surface area contributed by atoms with Gasteiger partial charge in [-0.15, -0.1) is 0 Å². The Labute approximate surface area is 58.4 Å². The standard InChI is InChI=1S/C7H8N2O/c10-6-2-1-5-3-4-8-7(5)9-6/h1-4,6,8-10H. The molecule has 0 fully saturated rings. The Morgan fingerprint density at radius 3 is 3.30 bits per heavy atom. The van der Waals surface area contributed by atoms with Crippen molar-refractivity contribution >= 4 is 11.9 Å². The highest BCUT2D eigenvalue weighted by atomic mass is 16.3. The van der Waals surface area contributed by atoms with E-state index in [4.69, 9.17) is 5.11 Å². The van der Waals surface area contributed by atoms with Gasteiger partial charge in [-0.1, -0.05) is 6.08 Å². The molecule has 10 heavy (non-hydrogen) atoms. The predicted molar refractivity (Wildman–Crippen MR) is 39.5 cm³/mol. The van der Waals surface area contributed by atoms with E-state index in [-0.39, 0.29) is 0 Å². The second-order valence-corrected chi connectivity index (χ2v) is 2.26. The third kappa shape index (κ3) is 0.717. The fourth-order valence-electron chi connectivity index (χ4n) is 1.04. The predicted octanol–water partition coefficient (Wildman–Crippen LogP) is 0.772. The highest BCUT2D eigenvalue weighted by Gasteiger charge is 2.08. The van der Waals surface area contributed by atoms with Gasteiger partial charge >= 0.3 is 0 Å². The molecule has 0 spiro atoms. The van der Waals surface area contributed by atoms with Crippen LogP contribution in [0, 0.1) is 0 Å². The number of rotatable bonds is 0. The molecule has 52 valence electrons. The first-order chi connectivity index (χ1) is 4.86. The third-order valence-corrected chi connectivity index (χ3v) is 1.53. The van der Waals surface area contributed by atoms with Crippen molar-refractivity contribution in [2.45, 2.75) is 6.23 Å². The van der Waals surface area contributed by atoms with E-state index >= 15 is 0 Å². The largest absolute Gasteiger partial charge is 0.370 e. The van der Waals surface area contributed by atoms with Crippen molar-refractivity contribution < 1.29 is 5.11 Å². The van der Waals surface area contributed by atoms with Crippen molar-refractivity contribution in [2.24, 2.45) is 0 Å². The summed E-state index contributed by atoms with van der Waals surface area (Å²) in [5, 5.41) is 11.9. The summed E-state index contributed by atoms with van der Waals surface area (Å²) in [5.41, 5.74) is 1.09. The van der Waals surface area contributed by atoms with Gasteiger partial charge < -0.3 is 15.4 Å². The molecule has 1 aliphatic heterocycles. The van der Waals surface area contributed by atoms with Crippen LogP contribution in [0.25, 0.3) is 6.08 Å². The summed E-state index contributed by atoms with van der Waals surface area (Å²) in [5.74, 6) is 0.884. The summed E-state index contributed by atoms with van der Waals surface area (Å²) in [6.45, 7) is 0. The summed E-state index contributed by atoms with van der Waals surface area (Å²) < 4.78 is 0. The Hall–Kier alpha value is -1.22. The lowest BCUT2D eigenvalue weighted by Gasteiger charge is -2.13. The minimum Gasteiger partial charge on any atom is -0.370 e. The number of hydrogen-bond donors (Lipinski definition) is 3. The zero-order valence-electron chi connectivity index (χ0n) is 5.33. The van der Waals surface area contributed by atoms with Crippen LogP contribution in [0.4, 0.5) is 5.82 Å². The minimum absolute atomic E-state index is 0.550. The van der Waals surface area contributed by atoms with E-state index in [1.54, 1.807) is 6.08 Å². The number of aliphatic hydroxyl groups is 1. The van der Waals surface area contributed by atoms with Crippen LogP contribution in [0.2, 0.25) is 0 Å².